The number of rotatable bonds is 15. The molecule has 0 bridgehead atoms. The molecule has 0 fully saturated rings. The molecule has 0 aromatic carbocycles. The van der Waals surface area contributed by atoms with Crippen molar-refractivity contribution >= 4 is 48.2 Å². The number of thiol groups is 1. The topological polar surface area (TPSA) is 251 Å². The van der Waals surface area contributed by atoms with Gasteiger partial charge in [-0.15, -0.1) is 0 Å². The highest BCUT2D eigenvalue weighted by Gasteiger charge is 2.30. The van der Waals surface area contributed by atoms with Gasteiger partial charge in [0.2, 0.25) is 23.6 Å². The highest BCUT2D eigenvalue weighted by Crippen LogP contribution is 2.03. The number of hydrogen-bond acceptors (Lipinski definition) is 9. The zero-order valence-electron chi connectivity index (χ0n) is 17.3. The lowest BCUT2D eigenvalue weighted by molar-refractivity contribution is -0.142. The van der Waals surface area contributed by atoms with Gasteiger partial charge in [-0.05, 0) is 19.8 Å². The summed E-state index contributed by atoms with van der Waals surface area (Å²) >= 11 is 3.94. The quantitative estimate of drug-likeness (QED) is 0.104. The van der Waals surface area contributed by atoms with Crippen molar-refractivity contribution in [3.8, 4) is 0 Å². The summed E-state index contributed by atoms with van der Waals surface area (Å²) in [5.41, 5.74) is 10.5. The van der Waals surface area contributed by atoms with Crippen molar-refractivity contribution in [3.63, 3.8) is 0 Å². The van der Waals surface area contributed by atoms with Crippen LogP contribution in [0.2, 0.25) is 0 Å². The van der Waals surface area contributed by atoms with Gasteiger partial charge in [0, 0.05) is 18.6 Å². The lowest BCUT2D eigenvalue weighted by Crippen LogP contribution is -2.58. The Balaban J connectivity index is 5.30. The molecule has 0 aliphatic rings. The van der Waals surface area contributed by atoms with Crippen molar-refractivity contribution in [2.75, 3.05) is 5.75 Å². The van der Waals surface area contributed by atoms with E-state index in [9.17, 15) is 33.9 Å². The number of aliphatic hydroxyl groups excluding tert-OH is 1. The number of aliphatic hydroxyl groups is 1. The number of nitrogens with two attached hydrogens (primary N) is 2. The van der Waals surface area contributed by atoms with Crippen molar-refractivity contribution in [2.24, 2.45) is 11.5 Å². The van der Waals surface area contributed by atoms with E-state index in [1.807, 2.05) is 0 Å². The first-order valence-corrected chi connectivity index (χ1v) is 10.1. The van der Waals surface area contributed by atoms with Gasteiger partial charge < -0.3 is 42.7 Å². The molecule has 0 aliphatic heterocycles. The van der Waals surface area contributed by atoms with E-state index in [0.29, 0.717) is 0 Å². The van der Waals surface area contributed by atoms with Gasteiger partial charge in [0.25, 0.3) is 0 Å². The SMILES string of the molecule is CC(O)C(N)C(=O)NC(CCC(=O)O)C(=O)NC(CS)C(=O)NC(CCC(N)=O)C(=O)O. The minimum atomic E-state index is -1.46. The first-order chi connectivity index (χ1) is 14.8. The summed E-state index contributed by atoms with van der Waals surface area (Å²) in [6, 6.07) is -5.61. The first-order valence-electron chi connectivity index (χ1n) is 9.48. The fourth-order valence-corrected chi connectivity index (χ4v) is 2.56. The van der Waals surface area contributed by atoms with Crippen LogP contribution in [-0.4, -0.2) is 86.9 Å². The maximum absolute atomic E-state index is 12.6. The van der Waals surface area contributed by atoms with E-state index in [1.165, 1.54) is 6.92 Å². The zero-order chi connectivity index (χ0) is 25.0. The maximum Gasteiger partial charge on any atom is 0.326 e. The molecule has 14 nitrogen and oxygen atoms in total. The summed E-state index contributed by atoms with van der Waals surface area (Å²) in [7, 11) is 0. The van der Waals surface area contributed by atoms with E-state index in [-0.39, 0.29) is 25.0 Å². The standard InChI is InChI=1S/C17H29N5O9S/c1-7(23)13(19)16(29)20-8(3-5-12(25)26)14(27)22-10(6-32)15(28)21-9(17(30)31)2-4-11(18)24/h7-10,13,23,32H,2-6,19H2,1H3,(H2,18,24)(H,20,29)(H,21,28)(H,22,27)(H,25,26)(H,30,31). The van der Waals surface area contributed by atoms with E-state index in [2.05, 4.69) is 28.6 Å². The van der Waals surface area contributed by atoms with Crippen LogP contribution < -0.4 is 27.4 Å². The fourth-order valence-electron chi connectivity index (χ4n) is 2.31. The van der Waals surface area contributed by atoms with Crippen LogP contribution in [0.25, 0.3) is 0 Å². The van der Waals surface area contributed by atoms with E-state index in [1.54, 1.807) is 0 Å². The van der Waals surface area contributed by atoms with Crippen molar-refractivity contribution in [3.05, 3.63) is 0 Å². The molecule has 0 saturated heterocycles. The number of primary amides is 1. The maximum atomic E-state index is 12.6. The molecular formula is C17H29N5O9S. The number of carboxylic acids is 2. The van der Waals surface area contributed by atoms with Crippen LogP contribution in [0.1, 0.15) is 32.6 Å². The van der Waals surface area contributed by atoms with Crippen LogP contribution in [0.4, 0.5) is 0 Å². The summed E-state index contributed by atoms with van der Waals surface area (Å²) in [5.74, 6) is -6.52. The number of carbonyl (C=O) groups excluding carboxylic acids is 4. The number of carboxylic acid groups (broad SMARTS) is 2. The highest BCUT2D eigenvalue weighted by molar-refractivity contribution is 7.80. The molecular weight excluding hydrogens is 450 g/mol. The molecule has 0 aliphatic carbocycles. The van der Waals surface area contributed by atoms with Crippen LogP contribution in [0.3, 0.4) is 0 Å². The number of carbonyl (C=O) groups is 6. The van der Waals surface area contributed by atoms with Crippen LogP contribution in [0, 0.1) is 0 Å². The highest BCUT2D eigenvalue weighted by atomic mass is 32.1. The number of hydrogen-bond donors (Lipinski definition) is 9. The zero-order valence-corrected chi connectivity index (χ0v) is 18.2. The van der Waals surface area contributed by atoms with Crippen LogP contribution >= 0.6 is 12.6 Å². The second kappa shape index (κ2) is 14.2. The molecule has 0 rings (SSSR count). The molecule has 10 N–H and O–H groups in total. The number of amides is 4. The largest absolute Gasteiger partial charge is 0.481 e. The molecule has 0 aromatic heterocycles. The molecule has 0 spiro atoms. The van der Waals surface area contributed by atoms with Gasteiger partial charge in [-0.1, -0.05) is 0 Å². The lowest BCUT2D eigenvalue weighted by Gasteiger charge is -2.24. The van der Waals surface area contributed by atoms with Crippen molar-refractivity contribution in [1.29, 1.82) is 0 Å². The third-order valence-corrected chi connectivity index (χ3v) is 4.58. The second-order valence-corrected chi connectivity index (χ2v) is 7.27. The Morgan fingerprint density at radius 3 is 1.75 bits per heavy atom. The molecule has 5 atom stereocenters. The monoisotopic (exact) mass is 479 g/mol. The average molecular weight is 480 g/mol. The predicted molar refractivity (Wildman–Crippen MR) is 112 cm³/mol. The Kier molecular flexibility index (Phi) is 12.9. The molecule has 0 heterocycles. The summed E-state index contributed by atoms with van der Waals surface area (Å²) in [6.45, 7) is 1.24. The molecule has 5 unspecified atom stereocenters. The van der Waals surface area contributed by atoms with E-state index >= 15 is 0 Å². The van der Waals surface area contributed by atoms with Gasteiger partial charge in [-0.3, -0.25) is 24.0 Å². The summed E-state index contributed by atoms with van der Waals surface area (Å²) in [5, 5.41) is 34.0. The van der Waals surface area contributed by atoms with Gasteiger partial charge in [-0.25, -0.2) is 4.79 Å². The van der Waals surface area contributed by atoms with Crippen molar-refractivity contribution < 1.29 is 44.1 Å². The van der Waals surface area contributed by atoms with Gasteiger partial charge in [-0.2, -0.15) is 12.6 Å². The fraction of sp³-hybridized carbons (Fsp3) is 0.647. The molecule has 182 valence electrons. The van der Waals surface area contributed by atoms with Crippen molar-refractivity contribution in [2.45, 2.75) is 62.9 Å². The second-order valence-electron chi connectivity index (χ2n) is 6.91. The third-order valence-electron chi connectivity index (χ3n) is 4.21. The summed E-state index contributed by atoms with van der Waals surface area (Å²) < 4.78 is 0. The van der Waals surface area contributed by atoms with Crippen LogP contribution in [0.15, 0.2) is 0 Å². The normalized spacial score (nSPS) is 15.4. The molecule has 4 amide bonds. The minimum absolute atomic E-state index is 0.271. The van der Waals surface area contributed by atoms with Gasteiger partial charge in [0.15, 0.2) is 0 Å². The Morgan fingerprint density at radius 1 is 0.844 bits per heavy atom. The van der Waals surface area contributed by atoms with Crippen LogP contribution in [0.5, 0.6) is 0 Å². The Morgan fingerprint density at radius 2 is 1.31 bits per heavy atom. The molecule has 15 heteroatoms. The molecule has 0 radical (unpaired) electrons. The molecule has 0 aromatic rings. The van der Waals surface area contributed by atoms with E-state index in [0.717, 1.165) is 0 Å². The van der Waals surface area contributed by atoms with Crippen molar-refractivity contribution in [1.82, 2.24) is 16.0 Å². The minimum Gasteiger partial charge on any atom is -0.481 e. The molecule has 0 saturated carbocycles. The van der Waals surface area contributed by atoms with Gasteiger partial charge in [0.05, 0.1) is 6.10 Å². The predicted octanol–water partition coefficient (Wildman–Crippen LogP) is -3.71. The first kappa shape index (κ1) is 29.1. The van der Waals surface area contributed by atoms with Gasteiger partial charge >= 0.3 is 11.9 Å². The summed E-state index contributed by atoms with van der Waals surface area (Å²) in [6.07, 6.45) is -2.69. The Labute approximate surface area is 188 Å². The van der Waals surface area contributed by atoms with E-state index in [4.69, 9.17) is 21.7 Å². The number of nitrogens with one attached hydrogen (secondary N) is 3. The van der Waals surface area contributed by atoms with Crippen LogP contribution in [-0.2, 0) is 28.8 Å². The Hall–Kier alpha value is -2.91. The summed E-state index contributed by atoms with van der Waals surface area (Å²) in [4.78, 5) is 70.0. The van der Waals surface area contributed by atoms with E-state index < -0.39 is 72.3 Å². The lowest BCUT2D eigenvalue weighted by atomic mass is 10.1. The molecule has 32 heavy (non-hydrogen) atoms. The van der Waals surface area contributed by atoms with Gasteiger partial charge in [0.1, 0.15) is 24.2 Å². The average Bonchev–Trinajstić information content (AvgIpc) is 2.70. The Bertz CT molecular complexity index is 719. The number of aliphatic carboxylic acids is 2. The smallest absolute Gasteiger partial charge is 0.326 e. The third kappa shape index (κ3) is 10.9.